The Morgan fingerprint density at radius 1 is 1.40 bits per heavy atom. The molecule has 2 N–H and O–H groups in total. The quantitative estimate of drug-likeness (QED) is 0.629. The number of aliphatic carboxylic acids is 1. The largest absolute Gasteiger partial charge is 0.480 e. The summed E-state index contributed by atoms with van der Waals surface area (Å²) in [5.74, 6) is -1.98. The van der Waals surface area contributed by atoms with Gasteiger partial charge in [-0.05, 0) is 25.7 Å². The number of ether oxygens (including phenoxy) is 2. The molecule has 20 heavy (non-hydrogen) atoms. The maximum absolute atomic E-state index is 11.7. The summed E-state index contributed by atoms with van der Waals surface area (Å²) >= 11 is 0. The van der Waals surface area contributed by atoms with E-state index in [1.54, 1.807) is 0 Å². The maximum Gasteiger partial charge on any atom is 0.326 e. The number of carbonyl (C=O) groups excluding carboxylic acids is 2. The van der Waals surface area contributed by atoms with Crippen LogP contribution >= 0.6 is 0 Å². The smallest absolute Gasteiger partial charge is 0.326 e. The topological polar surface area (TPSA) is 102 Å². The van der Waals surface area contributed by atoms with Crippen molar-refractivity contribution in [2.24, 2.45) is 0 Å². The molecular weight excluding hydrogens is 266 g/mol. The molecule has 1 rings (SSSR count). The van der Waals surface area contributed by atoms with Crippen LogP contribution in [0.1, 0.15) is 38.5 Å². The second kappa shape index (κ2) is 8.52. The number of methoxy groups -OCH3 is 1. The third-order valence-electron chi connectivity index (χ3n) is 3.22. The zero-order valence-electron chi connectivity index (χ0n) is 11.6. The lowest BCUT2D eigenvalue weighted by Gasteiger charge is -2.15. The number of esters is 1. The van der Waals surface area contributed by atoms with Gasteiger partial charge in [-0.25, -0.2) is 4.79 Å². The molecule has 0 bridgehead atoms. The first-order valence-electron chi connectivity index (χ1n) is 6.73. The fourth-order valence-electron chi connectivity index (χ4n) is 2.05. The molecule has 0 aliphatic carbocycles. The minimum Gasteiger partial charge on any atom is -0.480 e. The predicted molar refractivity (Wildman–Crippen MR) is 69.0 cm³/mol. The lowest BCUT2D eigenvalue weighted by molar-refractivity contribution is -0.144. The van der Waals surface area contributed by atoms with Gasteiger partial charge >= 0.3 is 11.9 Å². The fraction of sp³-hybridized carbons (Fsp3) is 0.769. The molecule has 1 heterocycles. The molecule has 1 aliphatic rings. The highest BCUT2D eigenvalue weighted by molar-refractivity contribution is 5.84. The molecule has 1 amide bonds. The zero-order valence-corrected chi connectivity index (χ0v) is 11.6. The van der Waals surface area contributed by atoms with E-state index in [1.807, 2.05) is 0 Å². The Balaban J connectivity index is 2.30. The molecule has 0 saturated carbocycles. The monoisotopic (exact) mass is 287 g/mol. The summed E-state index contributed by atoms with van der Waals surface area (Å²) in [6, 6.07) is -1.06. The van der Waals surface area contributed by atoms with Crippen LogP contribution in [0, 0.1) is 0 Å². The van der Waals surface area contributed by atoms with Crippen molar-refractivity contribution in [3.63, 3.8) is 0 Å². The highest BCUT2D eigenvalue weighted by Crippen LogP contribution is 2.16. The lowest BCUT2D eigenvalue weighted by atomic mass is 10.1. The molecule has 1 saturated heterocycles. The number of carbonyl (C=O) groups is 3. The van der Waals surface area contributed by atoms with Crippen LogP contribution in [0.15, 0.2) is 0 Å². The van der Waals surface area contributed by atoms with E-state index in [0.717, 1.165) is 19.4 Å². The summed E-state index contributed by atoms with van der Waals surface area (Å²) in [6.45, 7) is 0.725. The van der Waals surface area contributed by atoms with Crippen LogP contribution in [0.2, 0.25) is 0 Å². The van der Waals surface area contributed by atoms with Crippen molar-refractivity contribution in [2.75, 3.05) is 13.7 Å². The Kier molecular flexibility index (Phi) is 7.00. The van der Waals surface area contributed by atoms with Gasteiger partial charge in [-0.2, -0.15) is 0 Å². The van der Waals surface area contributed by atoms with Crippen LogP contribution in [0.25, 0.3) is 0 Å². The molecule has 1 unspecified atom stereocenters. The first-order valence-corrected chi connectivity index (χ1v) is 6.73. The Morgan fingerprint density at radius 2 is 2.15 bits per heavy atom. The molecule has 0 spiro atoms. The van der Waals surface area contributed by atoms with Gasteiger partial charge in [-0.3, -0.25) is 9.59 Å². The van der Waals surface area contributed by atoms with Crippen molar-refractivity contribution in [2.45, 2.75) is 50.7 Å². The lowest BCUT2D eigenvalue weighted by Crippen LogP contribution is -2.41. The van der Waals surface area contributed by atoms with Gasteiger partial charge in [0, 0.05) is 19.4 Å². The molecule has 1 fully saturated rings. The Morgan fingerprint density at radius 3 is 2.70 bits per heavy atom. The molecule has 7 nitrogen and oxygen atoms in total. The fourth-order valence-corrected chi connectivity index (χ4v) is 2.05. The molecule has 7 heteroatoms. The third-order valence-corrected chi connectivity index (χ3v) is 3.22. The average Bonchev–Trinajstić information content (AvgIpc) is 2.93. The van der Waals surface area contributed by atoms with Crippen molar-refractivity contribution in [3.8, 4) is 0 Å². The summed E-state index contributed by atoms with van der Waals surface area (Å²) < 4.78 is 9.83. The van der Waals surface area contributed by atoms with Gasteiger partial charge in [0.15, 0.2) is 0 Å². The van der Waals surface area contributed by atoms with Crippen molar-refractivity contribution in [1.82, 2.24) is 5.32 Å². The van der Waals surface area contributed by atoms with Gasteiger partial charge in [0.2, 0.25) is 5.91 Å². The van der Waals surface area contributed by atoms with Gasteiger partial charge in [-0.15, -0.1) is 0 Å². The first-order chi connectivity index (χ1) is 9.52. The van der Waals surface area contributed by atoms with E-state index in [-0.39, 0.29) is 31.3 Å². The van der Waals surface area contributed by atoms with Crippen LogP contribution in [-0.2, 0) is 23.9 Å². The SMILES string of the molecule is COC(=O)CC[C@H](NC(=O)CCC1CCCO1)C(=O)O. The van der Waals surface area contributed by atoms with Gasteiger partial charge in [0.25, 0.3) is 0 Å². The summed E-state index contributed by atoms with van der Waals surface area (Å²) in [5.41, 5.74) is 0. The van der Waals surface area contributed by atoms with E-state index in [2.05, 4.69) is 10.1 Å². The van der Waals surface area contributed by atoms with E-state index in [9.17, 15) is 14.4 Å². The second-order valence-corrected chi connectivity index (χ2v) is 4.75. The van der Waals surface area contributed by atoms with E-state index < -0.39 is 18.0 Å². The van der Waals surface area contributed by atoms with Crippen molar-refractivity contribution >= 4 is 17.8 Å². The first kappa shape index (κ1) is 16.4. The summed E-state index contributed by atoms with van der Waals surface area (Å²) in [7, 11) is 1.23. The third kappa shape index (κ3) is 6.01. The molecule has 2 atom stereocenters. The van der Waals surface area contributed by atoms with Crippen LogP contribution in [0.5, 0.6) is 0 Å². The number of carboxylic acid groups (broad SMARTS) is 1. The van der Waals surface area contributed by atoms with Crippen LogP contribution in [0.3, 0.4) is 0 Å². The summed E-state index contributed by atoms with van der Waals surface area (Å²) in [4.78, 5) is 33.7. The van der Waals surface area contributed by atoms with E-state index >= 15 is 0 Å². The minimum absolute atomic E-state index is 0.0215. The molecule has 0 aromatic heterocycles. The van der Waals surface area contributed by atoms with Gasteiger partial charge in [-0.1, -0.05) is 0 Å². The highest BCUT2D eigenvalue weighted by atomic mass is 16.5. The predicted octanol–water partition coefficient (Wildman–Crippen LogP) is 0.468. The Hall–Kier alpha value is -1.63. The summed E-state index contributed by atoms with van der Waals surface area (Å²) in [6.07, 6.45) is 2.84. The molecule has 0 aromatic rings. The van der Waals surface area contributed by atoms with Crippen molar-refractivity contribution in [3.05, 3.63) is 0 Å². The van der Waals surface area contributed by atoms with Gasteiger partial charge < -0.3 is 19.9 Å². The van der Waals surface area contributed by atoms with Gasteiger partial charge in [0.05, 0.1) is 13.2 Å². The average molecular weight is 287 g/mol. The highest BCUT2D eigenvalue weighted by Gasteiger charge is 2.22. The zero-order chi connectivity index (χ0) is 15.0. The van der Waals surface area contributed by atoms with Crippen LogP contribution in [0.4, 0.5) is 0 Å². The van der Waals surface area contributed by atoms with E-state index in [4.69, 9.17) is 9.84 Å². The second-order valence-electron chi connectivity index (χ2n) is 4.75. The normalized spacial score (nSPS) is 19.4. The van der Waals surface area contributed by atoms with Crippen LogP contribution in [-0.4, -0.2) is 48.8 Å². The molecule has 0 radical (unpaired) electrons. The molecule has 0 aromatic carbocycles. The number of carboxylic acids is 1. The standard InChI is InChI=1S/C13H21NO6/c1-19-12(16)7-5-10(13(17)18)14-11(15)6-4-9-3-2-8-20-9/h9-10H,2-8H2,1H3,(H,14,15)(H,17,18)/t9?,10-/m0/s1. The van der Waals surface area contributed by atoms with Crippen molar-refractivity contribution in [1.29, 1.82) is 0 Å². The van der Waals surface area contributed by atoms with Gasteiger partial charge in [0.1, 0.15) is 6.04 Å². The van der Waals surface area contributed by atoms with E-state index in [1.165, 1.54) is 7.11 Å². The molecule has 1 aliphatic heterocycles. The number of amides is 1. The Labute approximate surface area is 117 Å². The number of hydrogen-bond acceptors (Lipinski definition) is 5. The van der Waals surface area contributed by atoms with E-state index in [0.29, 0.717) is 6.42 Å². The number of rotatable bonds is 8. The number of nitrogens with one attached hydrogen (secondary N) is 1. The maximum atomic E-state index is 11.7. The number of hydrogen-bond donors (Lipinski definition) is 2. The summed E-state index contributed by atoms with van der Waals surface area (Å²) in [5, 5.41) is 11.4. The van der Waals surface area contributed by atoms with Crippen molar-refractivity contribution < 1.29 is 29.0 Å². The minimum atomic E-state index is -1.15. The Bertz CT molecular complexity index is 351. The molecule has 114 valence electrons. The molecular formula is C13H21NO6. The van der Waals surface area contributed by atoms with Crippen LogP contribution < -0.4 is 5.32 Å².